The van der Waals surface area contributed by atoms with Gasteiger partial charge in [-0.2, -0.15) is 0 Å². The van der Waals surface area contributed by atoms with Gasteiger partial charge in [-0.15, -0.1) is 0 Å². The van der Waals surface area contributed by atoms with Crippen molar-refractivity contribution in [2.75, 3.05) is 0 Å². The van der Waals surface area contributed by atoms with Crippen molar-refractivity contribution in [2.24, 2.45) is 29.6 Å². The lowest BCUT2D eigenvalue weighted by molar-refractivity contribution is -0.111. The molecule has 20 heavy (non-hydrogen) atoms. The normalized spacial score (nSPS) is 26.9. The molecule has 0 radical (unpaired) electrons. The van der Waals surface area contributed by atoms with E-state index in [1.807, 2.05) is 13.8 Å². The van der Waals surface area contributed by atoms with Crippen LogP contribution < -0.4 is 0 Å². The van der Waals surface area contributed by atoms with Crippen LogP contribution in [0.1, 0.15) is 66.7 Å². The summed E-state index contributed by atoms with van der Waals surface area (Å²) in [6.07, 6.45) is 5.48. The maximum Gasteiger partial charge on any atom is 0.201 e. The molecule has 3 heteroatoms. The smallest absolute Gasteiger partial charge is 0.201 e. The first-order chi connectivity index (χ1) is 9.15. The Kier molecular flexibility index (Phi) is 6.72. The highest BCUT2D eigenvalue weighted by molar-refractivity contribution is 9.18. The van der Waals surface area contributed by atoms with Crippen molar-refractivity contribution >= 4 is 20.6 Å². The van der Waals surface area contributed by atoms with Crippen molar-refractivity contribution < 1.29 is 9.90 Å². The Labute approximate surface area is 132 Å². The van der Waals surface area contributed by atoms with E-state index < -0.39 is 5.60 Å². The molecule has 3 unspecified atom stereocenters. The third-order valence-electron chi connectivity index (χ3n) is 4.85. The average Bonchev–Trinajstić information content (AvgIpc) is 3.05. The fourth-order valence-corrected chi connectivity index (χ4v) is 4.32. The fourth-order valence-electron chi connectivity index (χ4n) is 3.79. The number of carbonyl (C=O) groups is 1. The minimum absolute atomic E-state index is 0.198. The van der Waals surface area contributed by atoms with E-state index in [1.165, 1.54) is 19.3 Å². The Bertz CT molecular complexity index is 321. The van der Waals surface area contributed by atoms with Crippen LogP contribution in [-0.2, 0) is 4.79 Å². The highest BCUT2D eigenvalue weighted by Crippen LogP contribution is 2.50. The van der Waals surface area contributed by atoms with Crippen molar-refractivity contribution in [3.8, 4) is 0 Å². The Balaban J connectivity index is 2.37. The zero-order valence-electron chi connectivity index (χ0n) is 13.7. The molecule has 1 aliphatic rings. The molecule has 0 amide bonds. The van der Waals surface area contributed by atoms with Crippen LogP contribution in [0.5, 0.6) is 0 Å². The highest BCUT2D eigenvalue weighted by atomic mass is 79.9. The van der Waals surface area contributed by atoms with Gasteiger partial charge in [0.15, 0.2) is 0 Å². The predicted molar refractivity (Wildman–Crippen MR) is 87.8 cm³/mol. The maximum atomic E-state index is 11.4. The monoisotopic (exact) mass is 346 g/mol. The Morgan fingerprint density at radius 3 is 2.35 bits per heavy atom. The second-order valence-corrected chi connectivity index (χ2v) is 8.34. The molecule has 1 aliphatic carbocycles. The summed E-state index contributed by atoms with van der Waals surface area (Å²) in [5.74, 6) is 2.78. The number of halogens is 1. The van der Waals surface area contributed by atoms with E-state index in [0.717, 1.165) is 12.8 Å². The molecular weight excluding hydrogens is 316 g/mol. The van der Waals surface area contributed by atoms with Crippen LogP contribution in [0.4, 0.5) is 0 Å². The summed E-state index contributed by atoms with van der Waals surface area (Å²) in [4.78, 5) is 11.4. The highest BCUT2D eigenvalue weighted by Gasteiger charge is 2.47. The molecule has 0 aromatic heterocycles. The van der Waals surface area contributed by atoms with Gasteiger partial charge in [0.1, 0.15) is 0 Å². The van der Waals surface area contributed by atoms with Crippen molar-refractivity contribution in [1.29, 1.82) is 0 Å². The standard InChI is InChI=1S/C17H31BrO2/c1-6-13(14-9-15(14)16(18)19)12(3)8-7-11(2)10-17(4,5)20/h11-15,20H,6-10H2,1-5H3/t11?,12?,13-,14+,15?/m1/s1. The number of carbonyl (C=O) groups excluding carboxylic acids is 1. The molecule has 1 saturated carbocycles. The summed E-state index contributed by atoms with van der Waals surface area (Å²) in [7, 11) is 0. The van der Waals surface area contributed by atoms with E-state index in [2.05, 4.69) is 36.7 Å². The molecule has 0 saturated heterocycles. The molecule has 0 spiro atoms. The average molecular weight is 347 g/mol. The molecule has 1 fully saturated rings. The first-order valence-electron chi connectivity index (χ1n) is 8.07. The van der Waals surface area contributed by atoms with Gasteiger partial charge in [0.2, 0.25) is 4.69 Å². The van der Waals surface area contributed by atoms with Crippen LogP contribution in [0.25, 0.3) is 0 Å². The molecule has 0 aromatic carbocycles. The summed E-state index contributed by atoms with van der Waals surface area (Å²) in [6, 6.07) is 0. The second-order valence-electron chi connectivity index (χ2n) is 7.56. The summed E-state index contributed by atoms with van der Waals surface area (Å²) in [5, 5.41) is 9.86. The molecule has 0 aliphatic heterocycles. The Hall–Kier alpha value is 0.110. The van der Waals surface area contributed by atoms with E-state index in [4.69, 9.17) is 0 Å². The number of hydrogen-bond donors (Lipinski definition) is 1. The number of aliphatic hydroxyl groups is 1. The first kappa shape index (κ1) is 18.2. The molecule has 1 rings (SSSR count). The molecule has 1 N–H and O–H groups in total. The quantitative estimate of drug-likeness (QED) is 0.609. The fraction of sp³-hybridized carbons (Fsp3) is 0.941. The van der Waals surface area contributed by atoms with Gasteiger partial charge in [-0.25, -0.2) is 0 Å². The second kappa shape index (κ2) is 7.40. The molecule has 118 valence electrons. The van der Waals surface area contributed by atoms with E-state index in [1.54, 1.807) is 0 Å². The van der Waals surface area contributed by atoms with Crippen molar-refractivity contribution in [3.63, 3.8) is 0 Å². The van der Waals surface area contributed by atoms with Gasteiger partial charge in [0.25, 0.3) is 0 Å². The minimum Gasteiger partial charge on any atom is -0.390 e. The lowest BCUT2D eigenvalue weighted by atomic mass is 9.81. The lowest BCUT2D eigenvalue weighted by Crippen LogP contribution is -2.23. The van der Waals surface area contributed by atoms with Gasteiger partial charge in [-0.1, -0.05) is 40.0 Å². The molecule has 0 aromatic rings. The first-order valence-corrected chi connectivity index (χ1v) is 8.86. The third kappa shape index (κ3) is 5.85. The summed E-state index contributed by atoms with van der Waals surface area (Å²) in [5.41, 5.74) is -0.559. The van der Waals surface area contributed by atoms with Crippen molar-refractivity contribution in [1.82, 2.24) is 0 Å². The van der Waals surface area contributed by atoms with Crippen LogP contribution in [-0.4, -0.2) is 15.4 Å². The van der Waals surface area contributed by atoms with Crippen LogP contribution in [0.2, 0.25) is 0 Å². The topological polar surface area (TPSA) is 37.3 Å². The summed E-state index contributed by atoms with van der Waals surface area (Å²) >= 11 is 3.12. The molecule has 2 nitrogen and oxygen atoms in total. The van der Waals surface area contributed by atoms with Crippen LogP contribution in [0.3, 0.4) is 0 Å². The van der Waals surface area contributed by atoms with Crippen LogP contribution >= 0.6 is 15.9 Å². The largest absolute Gasteiger partial charge is 0.390 e. The SMILES string of the molecule is CC[C@H](C(C)CCC(C)CC(C)(C)O)[C@@H]1CC1C(=O)Br. The van der Waals surface area contributed by atoms with E-state index in [0.29, 0.717) is 23.7 Å². The van der Waals surface area contributed by atoms with Crippen LogP contribution in [0, 0.1) is 29.6 Å². The van der Waals surface area contributed by atoms with Gasteiger partial charge in [-0.05, 0) is 66.3 Å². The predicted octanol–water partition coefficient (Wildman–Crippen LogP) is 4.78. The maximum absolute atomic E-state index is 11.4. The van der Waals surface area contributed by atoms with Crippen molar-refractivity contribution in [3.05, 3.63) is 0 Å². The van der Waals surface area contributed by atoms with Gasteiger partial charge in [-0.3, -0.25) is 4.79 Å². The number of rotatable bonds is 9. The number of hydrogen-bond acceptors (Lipinski definition) is 2. The van der Waals surface area contributed by atoms with E-state index >= 15 is 0 Å². The Morgan fingerprint density at radius 1 is 1.35 bits per heavy atom. The third-order valence-corrected chi connectivity index (χ3v) is 5.43. The summed E-state index contributed by atoms with van der Waals surface area (Å²) in [6.45, 7) is 10.6. The molecule has 0 bridgehead atoms. The molecule has 5 atom stereocenters. The zero-order chi connectivity index (χ0) is 15.5. The molecule has 0 heterocycles. The molecular formula is C17H31BrO2. The van der Waals surface area contributed by atoms with E-state index in [-0.39, 0.29) is 10.6 Å². The lowest BCUT2D eigenvalue weighted by Gasteiger charge is -2.26. The minimum atomic E-state index is -0.559. The van der Waals surface area contributed by atoms with Gasteiger partial charge < -0.3 is 5.11 Å². The van der Waals surface area contributed by atoms with Gasteiger partial charge in [0, 0.05) is 5.92 Å². The van der Waals surface area contributed by atoms with E-state index in [9.17, 15) is 9.90 Å². The Morgan fingerprint density at radius 2 is 1.95 bits per heavy atom. The van der Waals surface area contributed by atoms with Gasteiger partial charge in [0.05, 0.1) is 5.60 Å². The zero-order valence-corrected chi connectivity index (χ0v) is 15.2. The summed E-state index contributed by atoms with van der Waals surface area (Å²) < 4.78 is 0.198. The van der Waals surface area contributed by atoms with Crippen molar-refractivity contribution in [2.45, 2.75) is 72.3 Å². The van der Waals surface area contributed by atoms with Gasteiger partial charge >= 0.3 is 0 Å². The van der Waals surface area contributed by atoms with Crippen LogP contribution in [0.15, 0.2) is 0 Å².